The minimum Gasteiger partial charge on any atom is -0.490 e. The summed E-state index contributed by atoms with van der Waals surface area (Å²) in [5.74, 6) is 1.48. The Labute approximate surface area is 254 Å². The number of β-amino-alcohol motifs (C(OH)–C–C–N with tert-alkyl or cyclic N) is 1. The van der Waals surface area contributed by atoms with Crippen molar-refractivity contribution in [3.05, 3.63) is 36.0 Å². The van der Waals surface area contributed by atoms with E-state index in [1.165, 1.54) is 0 Å². The van der Waals surface area contributed by atoms with E-state index in [4.69, 9.17) is 4.74 Å². The van der Waals surface area contributed by atoms with Gasteiger partial charge in [0.25, 0.3) is 0 Å². The number of hydrogen-bond donors (Lipinski definition) is 3. The Morgan fingerprint density at radius 3 is 2.36 bits per heavy atom. The van der Waals surface area contributed by atoms with Crippen molar-refractivity contribution in [2.45, 2.75) is 106 Å². The number of nitrogens with one attached hydrogen (secondary N) is 2. The van der Waals surface area contributed by atoms with Crippen molar-refractivity contribution in [3.63, 3.8) is 0 Å². The maximum Gasteiger partial charge on any atom is 0.237 e. The molecule has 0 bridgehead atoms. The largest absolute Gasteiger partial charge is 0.490 e. The summed E-state index contributed by atoms with van der Waals surface area (Å²) < 4.78 is 8.39. The molecule has 1 amide bonds. The molecule has 4 rings (SSSR count). The first-order valence-corrected chi connectivity index (χ1v) is 15.9. The van der Waals surface area contributed by atoms with E-state index in [9.17, 15) is 14.7 Å². The zero-order valence-electron chi connectivity index (χ0n) is 27.5. The summed E-state index contributed by atoms with van der Waals surface area (Å²) in [6.07, 6.45) is 4.93. The Morgan fingerprint density at radius 2 is 1.83 bits per heavy atom. The van der Waals surface area contributed by atoms with Gasteiger partial charge in [0.05, 0.1) is 17.8 Å². The van der Waals surface area contributed by atoms with E-state index >= 15 is 0 Å². The maximum absolute atomic E-state index is 12.7. The zero-order valence-corrected chi connectivity index (χ0v) is 27.5. The number of ether oxygens (including phenoxy) is 1. The number of aryl methyl sites for hydroxylation is 1. The van der Waals surface area contributed by atoms with Crippen LogP contribution in [0.1, 0.15) is 80.2 Å². The first-order chi connectivity index (χ1) is 20.2. The first kappa shape index (κ1) is 37.3. The van der Waals surface area contributed by atoms with Crippen LogP contribution >= 0.6 is 0 Å². The van der Waals surface area contributed by atoms with Gasteiger partial charge in [0.15, 0.2) is 0 Å². The van der Waals surface area contributed by atoms with Gasteiger partial charge in [-0.1, -0.05) is 60.6 Å². The molecule has 3 N–H and O–H groups in total. The van der Waals surface area contributed by atoms with E-state index in [0.717, 1.165) is 61.3 Å². The summed E-state index contributed by atoms with van der Waals surface area (Å²) in [5.41, 5.74) is 3.06. The quantitative estimate of drug-likeness (QED) is 0.358. The highest BCUT2D eigenvalue weighted by molar-refractivity contribution is 5.82. The average Bonchev–Trinajstić information content (AvgIpc) is 3.64. The first-order valence-electron chi connectivity index (χ1n) is 15.9. The second kappa shape index (κ2) is 20.2. The SMILES string of the molecule is CC.CC.CC(C)C(C)C=O.CCn1nccc1-c1ccc(CNC(=O)C2CC(O)CN2C)c(OC2CCNCC2)c1. The number of aliphatic hydroxyl groups is 1. The predicted octanol–water partition coefficient (Wildman–Crippen LogP) is 4.91. The van der Waals surface area contributed by atoms with Crippen molar-refractivity contribution in [1.29, 1.82) is 0 Å². The van der Waals surface area contributed by atoms with Crippen molar-refractivity contribution < 1.29 is 19.4 Å². The minimum absolute atomic E-state index is 0.0556. The van der Waals surface area contributed by atoms with E-state index < -0.39 is 6.10 Å². The Hall–Kier alpha value is -2.75. The number of hydrogen-bond acceptors (Lipinski definition) is 7. The molecule has 9 nitrogen and oxygen atoms in total. The Kier molecular flexibility index (Phi) is 17.9. The Bertz CT molecular complexity index is 1040. The number of amides is 1. The van der Waals surface area contributed by atoms with Gasteiger partial charge in [-0.3, -0.25) is 14.4 Å². The van der Waals surface area contributed by atoms with Crippen molar-refractivity contribution in [3.8, 4) is 17.0 Å². The minimum atomic E-state index is -0.442. The van der Waals surface area contributed by atoms with Crippen molar-refractivity contribution >= 4 is 12.2 Å². The third-order valence-electron chi connectivity index (χ3n) is 7.51. The van der Waals surface area contributed by atoms with E-state index in [-0.39, 0.29) is 24.0 Å². The van der Waals surface area contributed by atoms with Crippen LogP contribution in [0.3, 0.4) is 0 Å². The average molecular weight is 588 g/mol. The lowest BCUT2D eigenvalue weighted by Gasteiger charge is -2.26. The smallest absolute Gasteiger partial charge is 0.237 e. The van der Waals surface area contributed by atoms with Crippen molar-refractivity contribution in [2.75, 3.05) is 26.7 Å². The van der Waals surface area contributed by atoms with Crippen LogP contribution in [0.2, 0.25) is 0 Å². The highest BCUT2D eigenvalue weighted by atomic mass is 16.5. The molecule has 1 aromatic carbocycles. The fourth-order valence-corrected chi connectivity index (χ4v) is 4.63. The zero-order chi connectivity index (χ0) is 31.7. The summed E-state index contributed by atoms with van der Waals surface area (Å²) in [6, 6.07) is 7.88. The molecule has 3 heterocycles. The molecule has 42 heavy (non-hydrogen) atoms. The molecular formula is C33H57N5O4. The van der Waals surface area contributed by atoms with E-state index in [1.807, 2.05) is 83.4 Å². The van der Waals surface area contributed by atoms with Crippen LogP contribution in [0.5, 0.6) is 5.75 Å². The number of aldehydes is 1. The molecule has 3 atom stereocenters. The van der Waals surface area contributed by atoms with E-state index in [0.29, 0.717) is 25.4 Å². The molecule has 238 valence electrons. The number of benzene rings is 1. The molecule has 3 unspecified atom stereocenters. The van der Waals surface area contributed by atoms with Crippen molar-refractivity contribution in [1.82, 2.24) is 25.3 Å². The standard InChI is InChI=1S/C23H33N5O3.C6H12O.2C2H6/c1-3-28-20(8-11-26-28)16-4-5-17(22(12-16)31-19-6-9-24-10-7-19)14-25-23(30)21-13-18(29)15-27(21)2;1-5(2)6(3)4-7;2*1-2/h4-5,8,11-12,18-19,21,24,29H,3,6-7,9-10,13-15H2,1-2H3,(H,25,30);4-6H,1-3H3;2*1-2H3. The molecular weight excluding hydrogens is 530 g/mol. The molecule has 0 radical (unpaired) electrons. The van der Waals surface area contributed by atoms with Crippen LogP contribution in [0.15, 0.2) is 30.5 Å². The van der Waals surface area contributed by atoms with Gasteiger partial charge in [-0.2, -0.15) is 5.10 Å². The van der Waals surface area contributed by atoms with Crippen molar-refractivity contribution in [2.24, 2.45) is 11.8 Å². The molecule has 2 saturated heterocycles. The van der Waals surface area contributed by atoms with Gasteiger partial charge >= 0.3 is 0 Å². The molecule has 9 heteroatoms. The van der Waals surface area contributed by atoms with Gasteiger partial charge < -0.3 is 25.3 Å². The summed E-state index contributed by atoms with van der Waals surface area (Å²) in [6.45, 7) is 19.7. The summed E-state index contributed by atoms with van der Waals surface area (Å²) in [5, 5.41) is 20.6. The van der Waals surface area contributed by atoms with Crippen LogP contribution in [-0.4, -0.2) is 76.9 Å². The fraction of sp³-hybridized carbons (Fsp3) is 0.667. The second-order valence-electron chi connectivity index (χ2n) is 10.7. The number of aromatic nitrogens is 2. The number of carbonyl (C=O) groups excluding carboxylic acids is 2. The Morgan fingerprint density at radius 1 is 1.17 bits per heavy atom. The molecule has 1 aromatic heterocycles. The number of rotatable bonds is 9. The molecule has 2 aliphatic heterocycles. The van der Waals surface area contributed by atoms with Crippen LogP contribution in [0, 0.1) is 11.8 Å². The lowest BCUT2D eigenvalue weighted by atomic mass is 10.0. The van der Waals surface area contributed by atoms with Gasteiger partial charge in [-0.25, -0.2) is 0 Å². The third kappa shape index (κ3) is 11.5. The molecule has 2 fully saturated rings. The lowest BCUT2D eigenvalue weighted by Crippen LogP contribution is -2.41. The van der Waals surface area contributed by atoms with Crippen LogP contribution < -0.4 is 15.4 Å². The predicted molar refractivity (Wildman–Crippen MR) is 172 cm³/mol. The van der Waals surface area contributed by atoms with E-state index in [1.54, 1.807) is 0 Å². The molecule has 0 aliphatic carbocycles. The van der Waals surface area contributed by atoms with Crippen LogP contribution in [0.4, 0.5) is 0 Å². The maximum atomic E-state index is 12.7. The molecule has 2 aliphatic rings. The van der Waals surface area contributed by atoms with Crippen LogP contribution in [0.25, 0.3) is 11.3 Å². The third-order valence-corrected chi connectivity index (χ3v) is 7.51. The van der Waals surface area contributed by atoms with Gasteiger partial charge in [0.1, 0.15) is 18.1 Å². The molecule has 2 aromatic rings. The number of aliphatic hydroxyl groups excluding tert-OH is 1. The lowest BCUT2D eigenvalue weighted by molar-refractivity contribution is -0.125. The normalized spacial score (nSPS) is 19.3. The number of likely N-dealkylation sites (N-methyl/N-ethyl adjacent to an activating group) is 1. The van der Waals surface area contributed by atoms with E-state index in [2.05, 4.69) is 34.8 Å². The molecule has 0 saturated carbocycles. The highest BCUT2D eigenvalue weighted by Gasteiger charge is 2.33. The van der Waals surface area contributed by atoms with Gasteiger partial charge in [0, 0.05) is 42.9 Å². The number of likely N-dealkylation sites (tertiary alicyclic amines) is 1. The Balaban J connectivity index is 0.000000696. The van der Waals surface area contributed by atoms with Gasteiger partial charge in [-0.15, -0.1) is 0 Å². The topological polar surface area (TPSA) is 109 Å². The number of piperidine rings is 1. The van der Waals surface area contributed by atoms with Crippen LogP contribution in [-0.2, 0) is 22.7 Å². The van der Waals surface area contributed by atoms with Gasteiger partial charge in [-0.05, 0) is 64.4 Å². The molecule has 0 spiro atoms. The highest BCUT2D eigenvalue weighted by Crippen LogP contribution is 2.29. The number of nitrogens with zero attached hydrogens (tertiary/aromatic N) is 3. The number of carbonyl (C=O) groups is 2. The summed E-state index contributed by atoms with van der Waals surface area (Å²) >= 11 is 0. The van der Waals surface area contributed by atoms with Gasteiger partial charge in [0.2, 0.25) is 5.91 Å². The second-order valence-corrected chi connectivity index (χ2v) is 10.7. The summed E-state index contributed by atoms with van der Waals surface area (Å²) in [7, 11) is 1.87. The fourth-order valence-electron chi connectivity index (χ4n) is 4.63. The monoisotopic (exact) mass is 587 g/mol. The summed E-state index contributed by atoms with van der Waals surface area (Å²) in [4.78, 5) is 24.5.